The second-order valence-corrected chi connectivity index (χ2v) is 12.6. The third kappa shape index (κ3) is 3.84. The van der Waals surface area contributed by atoms with Gasteiger partial charge in [-0.1, -0.05) is 42.5 Å². The Morgan fingerprint density at radius 3 is 2.70 bits per heavy atom. The zero-order valence-corrected chi connectivity index (χ0v) is 17.3. The summed E-state index contributed by atoms with van der Waals surface area (Å²) in [6.45, 7) is 8.36. The van der Waals surface area contributed by atoms with Gasteiger partial charge in [0.1, 0.15) is 17.1 Å². The van der Waals surface area contributed by atoms with Gasteiger partial charge in [-0.15, -0.1) is 0 Å². The van der Waals surface area contributed by atoms with Crippen LogP contribution in [-0.4, -0.2) is 25.6 Å². The van der Waals surface area contributed by atoms with Crippen molar-refractivity contribution in [1.29, 1.82) is 0 Å². The van der Waals surface area contributed by atoms with Crippen LogP contribution in [0.5, 0.6) is 0 Å². The first-order valence-electron chi connectivity index (χ1n) is 8.52. The van der Waals surface area contributed by atoms with Gasteiger partial charge >= 0.3 is 5.97 Å². The summed E-state index contributed by atoms with van der Waals surface area (Å²) >= 11 is 6.12. The van der Waals surface area contributed by atoms with E-state index in [9.17, 15) is 9.18 Å². The molecule has 1 aromatic carbocycles. The van der Waals surface area contributed by atoms with Crippen LogP contribution in [0.1, 0.15) is 17.4 Å². The largest absolute Gasteiger partial charge is 0.461 e. The topological polar surface area (TPSA) is 64.4 Å². The Morgan fingerprint density at radius 1 is 1.33 bits per heavy atom. The fourth-order valence-corrected chi connectivity index (χ4v) is 4.02. The average Bonchev–Trinajstić information content (AvgIpc) is 3.01. The van der Waals surface area contributed by atoms with E-state index < -0.39 is 14.0 Å². The van der Waals surface area contributed by atoms with Crippen LogP contribution in [0.2, 0.25) is 24.7 Å². The fourth-order valence-electron chi connectivity index (χ4n) is 2.69. The maximum absolute atomic E-state index is 14.6. The highest BCUT2D eigenvalue weighted by Gasteiger charge is 2.22. The molecule has 8 heteroatoms. The summed E-state index contributed by atoms with van der Waals surface area (Å²) in [5.41, 5.74) is 1.01. The molecule has 0 aliphatic carbocycles. The van der Waals surface area contributed by atoms with Crippen molar-refractivity contribution in [1.82, 2.24) is 4.98 Å². The normalized spacial score (nSPS) is 11.6. The molecule has 0 bridgehead atoms. The summed E-state index contributed by atoms with van der Waals surface area (Å²) in [4.78, 5) is 16.3. The molecule has 0 saturated carbocycles. The van der Waals surface area contributed by atoms with Gasteiger partial charge in [0, 0.05) is 0 Å². The van der Waals surface area contributed by atoms with Crippen LogP contribution in [0, 0.1) is 5.82 Å². The summed E-state index contributed by atoms with van der Waals surface area (Å²) in [5, 5.41) is 4.60. The molecule has 0 aliphatic rings. The monoisotopic (exact) mass is 406 g/mol. The van der Waals surface area contributed by atoms with Crippen molar-refractivity contribution in [2.24, 2.45) is 0 Å². The molecule has 2 aromatic heterocycles. The van der Waals surface area contributed by atoms with Crippen LogP contribution in [0.15, 0.2) is 35.1 Å². The van der Waals surface area contributed by atoms with E-state index in [1.165, 1.54) is 12.5 Å². The molecule has 2 heterocycles. The van der Waals surface area contributed by atoms with E-state index in [1.807, 2.05) is 6.07 Å². The first-order chi connectivity index (χ1) is 12.7. The second-order valence-electron chi connectivity index (χ2n) is 7.10. The maximum Gasteiger partial charge on any atom is 0.357 e. The number of anilines is 2. The lowest BCUT2D eigenvalue weighted by Gasteiger charge is -2.17. The standard InChI is InChI=1S/C19H20ClFN2O3Si/c1-5-25-19(24)17-16-15(10-26-18(16)12(20)9-22-17)23-14-7-6-11(8-13(14)21)27(2,3)4/h6-10,23H,5H2,1-4H3. The van der Waals surface area contributed by atoms with Crippen molar-refractivity contribution in [2.75, 3.05) is 11.9 Å². The summed E-state index contributed by atoms with van der Waals surface area (Å²) in [5.74, 6) is -0.977. The van der Waals surface area contributed by atoms with Gasteiger partial charge in [0.05, 0.1) is 37.6 Å². The van der Waals surface area contributed by atoms with E-state index in [2.05, 4.69) is 29.9 Å². The van der Waals surface area contributed by atoms with Gasteiger partial charge in [-0.25, -0.2) is 14.2 Å². The zero-order chi connectivity index (χ0) is 19.8. The third-order valence-corrected chi connectivity index (χ3v) is 6.44. The molecule has 0 amide bonds. The molecular formula is C19H20ClFN2O3Si. The van der Waals surface area contributed by atoms with E-state index in [1.54, 1.807) is 19.1 Å². The van der Waals surface area contributed by atoms with Gasteiger partial charge in [-0.05, 0) is 19.1 Å². The van der Waals surface area contributed by atoms with Crippen LogP contribution in [-0.2, 0) is 4.74 Å². The molecular weight excluding hydrogens is 387 g/mol. The smallest absolute Gasteiger partial charge is 0.357 e. The zero-order valence-electron chi connectivity index (χ0n) is 15.5. The van der Waals surface area contributed by atoms with Gasteiger partial charge < -0.3 is 14.5 Å². The number of esters is 1. The van der Waals surface area contributed by atoms with Gasteiger partial charge in [-0.3, -0.25) is 0 Å². The quantitative estimate of drug-likeness (QED) is 0.472. The van der Waals surface area contributed by atoms with E-state index in [4.69, 9.17) is 20.8 Å². The number of carbonyl (C=O) groups excluding carboxylic acids is 1. The highest BCUT2D eigenvalue weighted by Crippen LogP contribution is 2.35. The number of benzene rings is 1. The summed E-state index contributed by atoms with van der Waals surface area (Å²) in [7, 11) is -1.63. The number of hydrogen-bond acceptors (Lipinski definition) is 5. The summed E-state index contributed by atoms with van der Waals surface area (Å²) in [6, 6.07) is 5.15. The lowest BCUT2D eigenvalue weighted by atomic mass is 10.2. The Kier molecular flexibility index (Phi) is 5.26. The van der Waals surface area contributed by atoms with Crippen molar-refractivity contribution >= 4 is 53.2 Å². The van der Waals surface area contributed by atoms with Crippen LogP contribution in [0.25, 0.3) is 11.0 Å². The average molecular weight is 407 g/mol. The lowest BCUT2D eigenvalue weighted by Crippen LogP contribution is -2.37. The van der Waals surface area contributed by atoms with Crippen molar-refractivity contribution in [3.05, 3.63) is 47.2 Å². The lowest BCUT2D eigenvalue weighted by molar-refractivity contribution is 0.0522. The van der Waals surface area contributed by atoms with Crippen molar-refractivity contribution in [3.8, 4) is 0 Å². The molecule has 3 aromatic rings. The Bertz CT molecular complexity index is 1010. The Hall–Kier alpha value is -2.38. The number of aromatic nitrogens is 1. The van der Waals surface area contributed by atoms with Gasteiger partial charge in [0.15, 0.2) is 11.3 Å². The molecule has 0 unspecified atom stereocenters. The molecule has 0 saturated heterocycles. The van der Waals surface area contributed by atoms with E-state index in [0.29, 0.717) is 11.1 Å². The molecule has 27 heavy (non-hydrogen) atoms. The molecule has 0 aliphatic heterocycles. The number of fused-ring (bicyclic) bond motifs is 1. The molecule has 0 radical (unpaired) electrons. The van der Waals surface area contributed by atoms with Crippen LogP contribution < -0.4 is 10.5 Å². The highest BCUT2D eigenvalue weighted by atomic mass is 35.5. The van der Waals surface area contributed by atoms with Gasteiger partial charge in [-0.2, -0.15) is 0 Å². The van der Waals surface area contributed by atoms with Gasteiger partial charge in [0.2, 0.25) is 0 Å². The molecule has 1 N–H and O–H groups in total. The van der Waals surface area contributed by atoms with E-state index in [0.717, 1.165) is 5.19 Å². The highest BCUT2D eigenvalue weighted by molar-refractivity contribution is 6.88. The minimum Gasteiger partial charge on any atom is -0.461 e. The van der Waals surface area contributed by atoms with Crippen molar-refractivity contribution < 1.29 is 18.3 Å². The number of halogens is 2. The third-order valence-electron chi connectivity index (χ3n) is 4.12. The Morgan fingerprint density at radius 2 is 2.07 bits per heavy atom. The number of rotatable bonds is 5. The number of nitrogens with zero attached hydrogens (tertiary/aromatic N) is 1. The molecule has 0 spiro atoms. The molecule has 5 nitrogen and oxygen atoms in total. The van der Waals surface area contributed by atoms with Gasteiger partial charge in [0.25, 0.3) is 0 Å². The Labute approximate surface area is 162 Å². The van der Waals surface area contributed by atoms with Crippen molar-refractivity contribution in [3.63, 3.8) is 0 Å². The molecule has 0 fully saturated rings. The van der Waals surface area contributed by atoms with Crippen LogP contribution >= 0.6 is 11.6 Å². The maximum atomic E-state index is 14.6. The van der Waals surface area contributed by atoms with Crippen molar-refractivity contribution in [2.45, 2.75) is 26.6 Å². The van der Waals surface area contributed by atoms with E-state index in [-0.39, 0.29) is 34.4 Å². The number of carbonyl (C=O) groups is 1. The van der Waals surface area contributed by atoms with E-state index >= 15 is 0 Å². The first-order valence-corrected chi connectivity index (χ1v) is 12.4. The summed E-state index contributed by atoms with van der Waals surface area (Å²) in [6.07, 6.45) is 2.71. The number of ether oxygens (including phenoxy) is 1. The predicted octanol–water partition coefficient (Wildman–Crippen LogP) is 5.09. The Balaban J connectivity index is 2.06. The molecule has 3 rings (SSSR count). The fraction of sp³-hybridized carbons (Fsp3) is 0.263. The SMILES string of the molecule is CCOC(=O)c1ncc(Cl)c2occ(Nc3ccc([Si](C)(C)C)cc3F)c12. The minimum atomic E-state index is -1.63. The number of nitrogens with one attached hydrogen (secondary N) is 1. The number of furan rings is 1. The molecule has 0 atom stereocenters. The minimum absolute atomic E-state index is 0.0617. The molecule has 142 valence electrons. The number of hydrogen-bond donors (Lipinski definition) is 1. The van der Waals surface area contributed by atoms with Crippen LogP contribution in [0.4, 0.5) is 15.8 Å². The predicted molar refractivity (Wildman–Crippen MR) is 108 cm³/mol. The summed E-state index contributed by atoms with van der Waals surface area (Å²) < 4.78 is 25.2. The second kappa shape index (κ2) is 7.32. The van der Waals surface area contributed by atoms with Crippen LogP contribution in [0.3, 0.4) is 0 Å². The number of pyridine rings is 1. The first kappa shape index (κ1) is 19.4.